The second-order valence-electron chi connectivity index (χ2n) is 5.20. The topological polar surface area (TPSA) is 20.2 Å². The van der Waals surface area contributed by atoms with Gasteiger partial charge in [-0.1, -0.05) is 30.3 Å². The van der Waals surface area contributed by atoms with Gasteiger partial charge in [-0.15, -0.1) is 0 Å². The van der Waals surface area contributed by atoms with E-state index in [2.05, 4.69) is 0 Å². The molecule has 0 radical (unpaired) electrons. The third kappa shape index (κ3) is 2.70. The van der Waals surface area contributed by atoms with Crippen LogP contribution in [0.3, 0.4) is 0 Å². The van der Waals surface area contributed by atoms with E-state index in [1.165, 1.54) is 18.2 Å². The molecule has 0 saturated carbocycles. The molecule has 0 bridgehead atoms. The van der Waals surface area contributed by atoms with Crippen molar-refractivity contribution in [3.8, 4) is 28.0 Å². The predicted octanol–water partition coefficient (Wildman–Crippen LogP) is 5.31. The fraction of sp³-hybridized carbons (Fsp3) is 0.0526. The average Bonchev–Trinajstić information content (AvgIpc) is 2.51. The Morgan fingerprint density at radius 2 is 1.32 bits per heavy atom. The van der Waals surface area contributed by atoms with Gasteiger partial charge in [0, 0.05) is 5.56 Å². The first-order valence-electron chi connectivity index (χ1n) is 6.90. The van der Waals surface area contributed by atoms with Gasteiger partial charge in [-0.25, -0.2) is 8.78 Å². The molecule has 3 rings (SSSR count). The summed E-state index contributed by atoms with van der Waals surface area (Å²) < 4.78 is 27.3. The summed E-state index contributed by atoms with van der Waals surface area (Å²) in [6.07, 6.45) is 0. The Hall–Kier alpha value is -2.68. The fourth-order valence-electron chi connectivity index (χ4n) is 2.39. The first-order chi connectivity index (χ1) is 10.5. The standard InChI is InChI=1S/C19H14F2O/c1-12-10-14(5-9-19(12)22)15-4-8-17(18(21)11-15)13-2-6-16(20)7-3-13/h2-11,22H,1H3. The minimum absolute atomic E-state index is 0.215. The van der Waals surface area contributed by atoms with Gasteiger partial charge in [-0.05, 0) is 59.5 Å². The molecule has 0 heterocycles. The Balaban J connectivity index is 2.01. The number of aryl methyl sites for hydroxylation is 1. The van der Waals surface area contributed by atoms with Crippen LogP contribution in [0.25, 0.3) is 22.3 Å². The Morgan fingerprint density at radius 1 is 0.727 bits per heavy atom. The number of hydrogen-bond acceptors (Lipinski definition) is 1. The van der Waals surface area contributed by atoms with Gasteiger partial charge in [0.05, 0.1) is 0 Å². The van der Waals surface area contributed by atoms with E-state index in [4.69, 9.17) is 0 Å². The number of aromatic hydroxyl groups is 1. The highest BCUT2D eigenvalue weighted by Crippen LogP contribution is 2.30. The summed E-state index contributed by atoms with van der Waals surface area (Å²) in [6.45, 7) is 1.79. The highest BCUT2D eigenvalue weighted by atomic mass is 19.1. The van der Waals surface area contributed by atoms with E-state index >= 15 is 0 Å². The molecular weight excluding hydrogens is 282 g/mol. The number of hydrogen-bond donors (Lipinski definition) is 1. The lowest BCUT2D eigenvalue weighted by Crippen LogP contribution is -1.87. The van der Waals surface area contributed by atoms with Gasteiger partial charge in [0.25, 0.3) is 0 Å². The Morgan fingerprint density at radius 3 is 1.95 bits per heavy atom. The summed E-state index contributed by atoms with van der Waals surface area (Å²) in [7, 11) is 0. The van der Waals surface area contributed by atoms with Crippen LogP contribution in [-0.4, -0.2) is 5.11 Å². The quantitative estimate of drug-likeness (QED) is 0.679. The van der Waals surface area contributed by atoms with Crippen molar-refractivity contribution in [1.82, 2.24) is 0 Å². The van der Waals surface area contributed by atoms with E-state index in [1.54, 1.807) is 37.3 Å². The van der Waals surface area contributed by atoms with Crippen molar-refractivity contribution in [1.29, 1.82) is 0 Å². The summed E-state index contributed by atoms with van der Waals surface area (Å²) >= 11 is 0. The predicted molar refractivity (Wildman–Crippen MR) is 83.6 cm³/mol. The lowest BCUT2D eigenvalue weighted by Gasteiger charge is -2.08. The average molecular weight is 296 g/mol. The van der Waals surface area contributed by atoms with Crippen LogP contribution in [0.5, 0.6) is 5.75 Å². The zero-order chi connectivity index (χ0) is 15.7. The Bertz CT molecular complexity index is 823. The zero-order valence-corrected chi connectivity index (χ0v) is 12.0. The first kappa shape index (κ1) is 14.3. The third-order valence-electron chi connectivity index (χ3n) is 3.65. The number of benzene rings is 3. The van der Waals surface area contributed by atoms with Crippen molar-refractivity contribution < 1.29 is 13.9 Å². The Kier molecular flexibility index (Phi) is 3.63. The Labute approximate surface area is 127 Å². The molecule has 0 atom stereocenters. The largest absolute Gasteiger partial charge is 0.508 e. The van der Waals surface area contributed by atoms with Crippen LogP contribution in [0.15, 0.2) is 60.7 Å². The molecular formula is C19H14F2O. The fourth-order valence-corrected chi connectivity index (χ4v) is 2.39. The highest BCUT2D eigenvalue weighted by molar-refractivity contribution is 5.71. The number of phenols is 1. The second-order valence-corrected chi connectivity index (χ2v) is 5.20. The highest BCUT2D eigenvalue weighted by Gasteiger charge is 2.08. The molecule has 0 aromatic heterocycles. The molecule has 110 valence electrons. The number of rotatable bonds is 2. The molecule has 1 N–H and O–H groups in total. The van der Waals surface area contributed by atoms with Crippen molar-refractivity contribution in [3.05, 3.63) is 77.9 Å². The molecule has 3 aromatic rings. The van der Waals surface area contributed by atoms with Gasteiger partial charge in [-0.3, -0.25) is 0 Å². The lowest BCUT2D eigenvalue weighted by atomic mass is 9.98. The van der Waals surface area contributed by atoms with E-state index in [0.29, 0.717) is 11.1 Å². The smallest absolute Gasteiger partial charge is 0.131 e. The van der Waals surface area contributed by atoms with E-state index < -0.39 is 0 Å². The van der Waals surface area contributed by atoms with Crippen LogP contribution in [-0.2, 0) is 0 Å². The molecule has 0 aliphatic carbocycles. The molecule has 3 heteroatoms. The van der Waals surface area contributed by atoms with Crippen LogP contribution in [0.2, 0.25) is 0 Å². The monoisotopic (exact) mass is 296 g/mol. The minimum Gasteiger partial charge on any atom is -0.508 e. The van der Waals surface area contributed by atoms with Crippen molar-refractivity contribution in [2.24, 2.45) is 0 Å². The van der Waals surface area contributed by atoms with Crippen LogP contribution in [0.1, 0.15) is 5.56 Å². The SMILES string of the molecule is Cc1cc(-c2ccc(-c3ccc(F)cc3)c(F)c2)ccc1O. The molecule has 3 aromatic carbocycles. The van der Waals surface area contributed by atoms with Gasteiger partial charge < -0.3 is 5.11 Å². The van der Waals surface area contributed by atoms with Gasteiger partial charge in [-0.2, -0.15) is 0 Å². The van der Waals surface area contributed by atoms with Gasteiger partial charge >= 0.3 is 0 Å². The molecule has 22 heavy (non-hydrogen) atoms. The normalized spacial score (nSPS) is 10.7. The maximum atomic E-state index is 14.4. The van der Waals surface area contributed by atoms with Crippen molar-refractivity contribution in [2.45, 2.75) is 6.92 Å². The zero-order valence-electron chi connectivity index (χ0n) is 12.0. The maximum absolute atomic E-state index is 14.4. The lowest BCUT2D eigenvalue weighted by molar-refractivity contribution is 0.471. The van der Waals surface area contributed by atoms with E-state index in [9.17, 15) is 13.9 Å². The van der Waals surface area contributed by atoms with Crippen LogP contribution >= 0.6 is 0 Å². The van der Waals surface area contributed by atoms with Crippen LogP contribution in [0, 0.1) is 18.6 Å². The summed E-state index contributed by atoms with van der Waals surface area (Å²) in [6, 6.07) is 15.8. The summed E-state index contributed by atoms with van der Waals surface area (Å²) in [5, 5.41) is 9.56. The first-order valence-corrected chi connectivity index (χ1v) is 6.90. The number of phenolic OH excluding ortho intramolecular Hbond substituents is 1. The van der Waals surface area contributed by atoms with Gasteiger partial charge in [0.2, 0.25) is 0 Å². The second kappa shape index (κ2) is 5.60. The van der Waals surface area contributed by atoms with Crippen LogP contribution in [0.4, 0.5) is 8.78 Å². The molecule has 0 aliphatic heterocycles. The molecule has 0 saturated heterocycles. The van der Waals surface area contributed by atoms with Gasteiger partial charge in [0.15, 0.2) is 0 Å². The van der Waals surface area contributed by atoms with E-state index in [-0.39, 0.29) is 17.4 Å². The van der Waals surface area contributed by atoms with Crippen molar-refractivity contribution >= 4 is 0 Å². The van der Waals surface area contributed by atoms with Crippen molar-refractivity contribution in [2.75, 3.05) is 0 Å². The maximum Gasteiger partial charge on any atom is 0.131 e. The van der Waals surface area contributed by atoms with Crippen molar-refractivity contribution in [3.63, 3.8) is 0 Å². The molecule has 0 unspecified atom stereocenters. The minimum atomic E-state index is -0.366. The van der Waals surface area contributed by atoms with Crippen LogP contribution < -0.4 is 0 Å². The molecule has 0 amide bonds. The molecule has 0 spiro atoms. The summed E-state index contributed by atoms with van der Waals surface area (Å²) in [5.41, 5.74) is 3.36. The number of halogens is 2. The summed E-state index contributed by atoms with van der Waals surface area (Å²) in [5.74, 6) is -0.498. The van der Waals surface area contributed by atoms with E-state index in [1.807, 2.05) is 12.1 Å². The molecule has 0 aliphatic rings. The molecule has 0 fully saturated rings. The summed E-state index contributed by atoms with van der Waals surface area (Å²) in [4.78, 5) is 0. The van der Waals surface area contributed by atoms with Gasteiger partial charge in [0.1, 0.15) is 17.4 Å². The molecule has 1 nitrogen and oxygen atoms in total. The third-order valence-corrected chi connectivity index (χ3v) is 3.65. The van der Waals surface area contributed by atoms with E-state index in [0.717, 1.165) is 16.7 Å².